The van der Waals surface area contributed by atoms with Crippen molar-refractivity contribution in [1.82, 2.24) is 5.32 Å². The second-order valence-electron chi connectivity index (χ2n) is 9.98. The van der Waals surface area contributed by atoms with Crippen LogP contribution in [0.4, 0.5) is 4.79 Å². The van der Waals surface area contributed by atoms with E-state index in [4.69, 9.17) is 18.6 Å². The van der Waals surface area contributed by atoms with Crippen LogP contribution in [0.15, 0.2) is 45.6 Å². The van der Waals surface area contributed by atoms with Crippen LogP contribution in [-0.2, 0) is 9.53 Å². The number of esters is 1. The molecule has 35 heavy (non-hydrogen) atoms. The minimum absolute atomic E-state index is 0.209. The third-order valence-electron chi connectivity index (χ3n) is 6.23. The van der Waals surface area contributed by atoms with Gasteiger partial charge in [-0.1, -0.05) is 0 Å². The zero-order chi connectivity index (χ0) is 25.2. The lowest BCUT2D eigenvalue weighted by Gasteiger charge is -2.28. The van der Waals surface area contributed by atoms with Crippen LogP contribution in [0.2, 0.25) is 0 Å². The van der Waals surface area contributed by atoms with Crippen LogP contribution >= 0.6 is 0 Å². The highest BCUT2D eigenvalue weighted by molar-refractivity contribution is 6.05. The van der Waals surface area contributed by atoms with Crippen LogP contribution in [0.1, 0.15) is 46.5 Å². The molecule has 1 aliphatic rings. The van der Waals surface area contributed by atoms with Crippen molar-refractivity contribution in [2.24, 2.45) is 11.8 Å². The van der Waals surface area contributed by atoms with Crippen molar-refractivity contribution in [3.63, 3.8) is 0 Å². The molecule has 1 N–H and O–H groups in total. The maximum Gasteiger partial charge on any atom is 0.407 e. The molecule has 4 rings (SSSR count). The number of benzene rings is 2. The average Bonchev–Trinajstić information content (AvgIpc) is 2.81. The van der Waals surface area contributed by atoms with E-state index in [-0.39, 0.29) is 11.9 Å². The second kappa shape index (κ2) is 9.98. The lowest BCUT2D eigenvalue weighted by atomic mass is 9.82. The fraction of sp³-hybridized carbons (Fsp3) is 0.444. The number of rotatable bonds is 5. The largest absolute Gasteiger partial charge is 0.497 e. The molecule has 2 aromatic carbocycles. The van der Waals surface area contributed by atoms with Crippen LogP contribution in [-0.4, -0.2) is 31.3 Å². The number of alkyl carbamates (subject to hydrolysis) is 1. The minimum atomic E-state index is -0.530. The van der Waals surface area contributed by atoms with Crippen molar-refractivity contribution in [2.45, 2.75) is 52.1 Å². The monoisotopic (exact) mass is 481 g/mol. The SMILES string of the molecule is COc1ccc2c(c1)c(=O)oc1cc(OC(=O)C3CCC(CNC(=O)OC(C)(C)C)CC3)ccc12. The molecule has 186 valence electrons. The van der Waals surface area contributed by atoms with Crippen molar-refractivity contribution in [1.29, 1.82) is 0 Å². The number of hydrogen-bond acceptors (Lipinski definition) is 7. The van der Waals surface area contributed by atoms with E-state index in [1.54, 1.807) is 30.3 Å². The number of methoxy groups -OCH3 is 1. The Bertz CT molecular complexity index is 1300. The first-order valence-corrected chi connectivity index (χ1v) is 11.9. The van der Waals surface area contributed by atoms with Crippen LogP contribution in [0.5, 0.6) is 11.5 Å². The Balaban J connectivity index is 1.36. The summed E-state index contributed by atoms with van der Waals surface area (Å²) in [5.41, 5.74) is -0.652. The van der Waals surface area contributed by atoms with Crippen LogP contribution in [0.3, 0.4) is 0 Å². The number of fused-ring (bicyclic) bond motifs is 3. The van der Waals surface area contributed by atoms with E-state index in [0.29, 0.717) is 47.8 Å². The summed E-state index contributed by atoms with van der Waals surface area (Å²) in [4.78, 5) is 37.1. The molecule has 0 aliphatic heterocycles. The van der Waals surface area contributed by atoms with Crippen LogP contribution in [0.25, 0.3) is 21.7 Å². The smallest absolute Gasteiger partial charge is 0.407 e. The summed E-state index contributed by atoms with van der Waals surface area (Å²) in [6, 6.07) is 10.3. The van der Waals surface area contributed by atoms with E-state index in [9.17, 15) is 14.4 Å². The van der Waals surface area contributed by atoms with E-state index < -0.39 is 17.3 Å². The number of nitrogens with one attached hydrogen (secondary N) is 1. The first-order chi connectivity index (χ1) is 16.6. The molecule has 8 heteroatoms. The number of ether oxygens (including phenoxy) is 3. The summed E-state index contributed by atoms with van der Waals surface area (Å²) in [6.07, 6.45) is 2.59. The Hall–Kier alpha value is -3.55. The van der Waals surface area contributed by atoms with E-state index in [2.05, 4.69) is 5.32 Å². The van der Waals surface area contributed by atoms with Gasteiger partial charge in [0, 0.05) is 23.4 Å². The Kier molecular flexibility index (Phi) is 7.00. The molecule has 1 aromatic heterocycles. The zero-order valence-electron chi connectivity index (χ0n) is 20.5. The Labute approximate surface area is 203 Å². The zero-order valence-corrected chi connectivity index (χ0v) is 20.5. The molecule has 1 fully saturated rings. The van der Waals surface area contributed by atoms with Gasteiger partial charge in [0.2, 0.25) is 0 Å². The van der Waals surface area contributed by atoms with Crippen molar-refractivity contribution >= 4 is 33.8 Å². The van der Waals surface area contributed by atoms with Gasteiger partial charge in [0.25, 0.3) is 0 Å². The average molecular weight is 482 g/mol. The highest BCUT2D eigenvalue weighted by Gasteiger charge is 2.28. The predicted octanol–water partition coefficient (Wildman–Crippen LogP) is 5.19. The lowest BCUT2D eigenvalue weighted by Crippen LogP contribution is -2.36. The summed E-state index contributed by atoms with van der Waals surface area (Å²) < 4.78 is 21.6. The van der Waals surface area contributed by atoms with Gasteiger partial charge in [0.15, 0.2) is 0 Å². The fourth-order valence-electron chi connectivity index (χ4n) is 4.43. The second-order valence-corrected chi connectivity index (χ2v) is 9.98. The molecule has 1 heterocycles. The van der Waals surface area contributed by atoms with Crippen molar-refractivity contribution in [3.8, 4) is 11.5 Å². The normalized spacial score (nSPS) is 18.3. The molecule has 0 atom stereocenters. The minimum Gasteiger partial charge on any atom is -0.497 e. The summed E-state index contributed by atoms with van der Waals surface area (Å²) in [5.74, 6) is 0.709. The summed E-state index contributed by atoms with van der Waals surface area (Å²) in [7, 11) is 1.54. The highest BCUT2D eigenvalue weighted by Crippen LogP contribution is 2.32. The Morgan fingerprint density at radius 2 is 1.66 bits per heavy atom. The number of hydrogen-bond donors (Lipinski definition) is 1. The van der Waals surface area contributed by atoms with Crippen molar-refractivity contribution in [2.75, 3.05) is 13.7 Å². The van der Waals surface area contributed by atoms with Gasteiger partial charge in [0.1, 0.15) is 22.7 Å². The Morgan fingerprint density at radius 1 is 0.971 bits per heavy atom. The lowest BCUT2D eigenvalue weighted by molar-refractivity contribution is -0.140. The third kappa shape index (κ3) is 5.93. The molecule has 8 nitrogen and oxygen atoms in total. The van der Waals surface area contributed by atoms with Gasteiger partial charge in [0.05, 0.1) is 18.4 Å². The highest BCUT2D eigenvalue weighted by atomic mass is 16.6. The van der Waals surface area contributed by atoms with Crippen LogP contribution < -0.4 is 20.4 Å². The van der Waals surface area contributed by atoms with Gasteiger partial charge in [-0.25, -0.2) is 9.59 Å². The molecule has 1 amide bonds. The maximum absolute atomic E-state index is 12.8. The van der Waals surface area contributed by atoms with Crippen molar-refractivity contribution in [3.05, 3.63) is 46.8 Å². The van der Waals surface area contributed by atoms with E-state index in [1.807, 2.05) is 26.8 Å². The molecule has 0 unspecified atom stereocenters. The Morgan fingerprint density at radius 3 is 2.34 bits per heavy atom. The standard InChI is InChI=1S/C27H31NO7/c1-27(2,3)35-26(31)28-15-16-5-7-17(8-6-16)24(29)33-19-10-12-21-20-11-9-18(32-4)13-22(20)25(30)34-23(21)14-19/h9-14,16-17H,5-8,15H2,1-4H3,(H,28,31). The van der Waals surface area contributed by atoms with Gasteiger partial charge in [-0.05, 0) is 82.7 Å². The molecule has 1 aliphatic carbocycles. The van der Waals surface area contributed by atoms with Gasteiger partial charge >= 0.3 is 17.7 Å². The molecule has 0 bridgehead atoms. The van der Waals surface area contributed by atoms with E-state index in [0.717, 1.165) is 23.6 Å². The number of amides is 1. The van der Waals surface area contributed by atoms with Gasteiger partial charge in [-0.15, -0.1) is 0 Å². The van der Waals surface area contributed by atoms with E-state index in [1.165, 1.54) is 7.11 Å². The molecule has 0 radical (unpaired) electrons. The first kappa shape index (κ1) is 24.6. The molecule has 0 spiro atoms. The molecular weight excluding hydrogens is 450 g/mol. The van der Waals surface area contributed by atoms with Gasteiger partial charge < -0.3 is 23.9 Å². The quantitative estimate of drug-likeness (QED) is 0.231. The summed E-state index contributed by atoms with van der Waals surface area (Å²) in [6.45, 7) is 6.00. The van der Waals surface area contributed by atoms with Gasteiger partial charge in [-0.3, -0.25) is 4.79 Å². The van der Waals surface area contributed by atoms with Gasteiger partial charge in [-0.2, -0.15) is 0 Å². The molecular formula is C27H31NO7. The number of carbonyl (C=O) groups excluding carboxylic acids is 2. The van der Waals surface area contributed by atoms with E-state index >= 15 is 0 Å². The maximum atomic E-state index is 12.8. The third-order valence-corrected chi connectivity index (χ3v) is 6.23. The fourth-order valence-corrected chi connectivity index (χ4v) is 4.43. The summed E-state index contributed by atoms with van der Waals surface area (Å²) >= 11 is 0. The molecule has 3 aromatic rings. The molecule has 0 saturated heterocycles. The topological polar surface area (TPSA) is 104 Å². The van der Waals surface area contributed by atoms with Crippen molar-refractivity contribution < 1.29 is 28.2 Å². The summed E-state index contributed by atoms with van der Waals surface area (Å²) in [5, 5.41) is 4.74. The number of carbonyl (C=O) groups is 2. The molecule has 1 saturated carbocycles. The predicted molar refractivity (Wildman–Crippen MR) is 132 cm³/mol. The van der Waals surface area contributed by atoms with Crippen LogP contribution in [0, 0.1) is 11.8 Å². The first-order valence-electron chi connectivity index (χ1n) is 11.9.